The Labute approximate surface area is 267 Å². The maximum atomic E-state index is 13.2. The number of carbonyl (C=O) groups is 1. The molecule has 1 amide bonds. The molecule has 226 valence electrons. The number of benzene rings is 3. The summed E-state index contributed by atoms with van der Waals surface area (Å²) in [4.78, 5) is 26.2. The highest BCUT2D eigenvalue weighted by molar-refractivity contribution is 6.40. The van der Waals surface area contributed by atoms with Gasteiger partial charge in [-0.15, -0.1) is 5.11 Å². The van der Waals surface area contributed by atoms with E-state index in [2.05, 4.69) is 26.0 Å². The number of anilines is 3. The summed E-state index contributed by atoms with van der Waals surface area (Å²) in [7, 11) is 1.41. The number of carbonyl (C=O) groups excluding carboxylic acids is 1. The molecule has 4 aromatic rings. The maximum absolute atomic E-state index is 13.2. The second kappa shape index (κ2) is 12.9. The fourth-order valence-corrected chi connectivity index (χ4v) is 5.29. The first-order valence-electron chi connectivity index (χ1n) is 12.9. The quantitative estimate of drug-likeness (QED) is 0.140. The number of hydrogen-bond donors (Lipinski definition) is 4. The number of phenolic OH excluding ortho intramolecular Hbond substituents is 1. The Morgan fingerprint density at radius 1 is 1.02 bits per heavy atom. The van der Waals surface area contributed by atoms with Crippen LogP contribution < -0.4 is 20.9 Å². The van der Waals surface area contributed by atoms with E-state index in [1.165, 1.54) is 25.2 Å². The van der Waals surface area contributed by atoms with Crippen LogP contribution in [0.2, 0.25) is 20.1 Å². The molecule has 0 fully saturated rings. The summed E-state index contributed by atoms with van der Waals surface area (Å²) < 4.78 is 6.97. The third kappa shape index (κ3) is 7.27. The number of amides is 1. The number of azo groups is 1. The number of nitrogens with one attached hydrogen (secondary N) is 3. The molecule has 0 bridgehead atoms. The van der Waals surface area contributed by atoms with Crippen molar-refractivity contribution in [2.24, 2.45) is 10.2 Å². The molecule has 1 aromatic heterocycles. The van der Waals surface area contributed by atoms with Gasteiger partial charge < -0.3 is 20.5 Å². The van der Waals surface area contributed by atoms with Crippen LogP contribution in [-0.2, 0) is 10.2 Å². The number of ether oxygens (including phenoxy) is 1. The number of nitrogens with zero attached hydrogens (tertiary/aromatic N) is 3. The highest BCUT2D eigenvalue weighted by Gasteiger charge is 2.23. The van der Waals surface area contributed by atoms with E-state index in [9.17, 15) is 14.7 Å². The molecule has 3 aromatic carbocycles. The van der Waals surface area contributed by atoms with Crippen LogP contribution in [0.1, 0.15) is 33.3 Å². The standard InChI is InChI=1S/C29H28Cl4N6O4/c1-14(43-17-7-9-23(40)18(13-17)29(2,3)4)27(41)35-16-6-8-19(31)22(12-16)36-26-24(37-34-5)28(42)39(38-26)25-20(32)10-15(30)11-21(25)33/h6-14,36,38,40H,1-5H3,(H,35,41). The predicted octanol–water partition coefficient (Wildman–Crippen LogP) is 8.65. The van der Waals surface area contributed by atoms with Crippen molar-refractivity contribution in [1.82, 2.24) is 9.78 Å². The lowest BCUT2D eigenvalue weighted by atomic mass is 9.86. The second-order valence-electron chi connectivity index (χ2n) is 10.5. The van der Waals surface area contributed by atoms with Crippen LogP contribution in [0.4, 0.5) is 22.9 Å². The van der Waals surface area contributed by atoms with Crippen molar-refractivity contribution in [3.63, 3.8) is 0 Å². The van der Waals surface area contributed by atoms with Gasteiger partial charge in [-0.1, -0.05) is 67.2 Å². The van der Waals surface area contributed by atoms with Crippen molar-refractivity contribution in [2.45, 2.75) is 39.2 Å². The van der Waals surface area contributed by atoms with Gasteiger partial charge >= 0.3 is 5.56 Å². The molecule has 4 rings (SSSR count). The summed E-state index contributed by atoms with van der Waals surface area (Å²) in [6.45, 7) is 7.51. The molecule has 0 saturated heterocycles. The Morgan fingerprint density at radius 3 is 2.33 bits per heavy atom. The SMILES string of the molecule is CN=Nc1c(Nc2cc(NC(=O)C(C)Oc3ccc(O)c(C(C)(C)C)c3)ccc2Cl)[nH]n(-c2c(Cl)cc(Cl)cc2Cl)c1=O. The van der Waals surface area contributed by atoms with Crippen LogP contribution in [-0.4, -0.2) is 33.9 Å². The first-order valence-corrected chi connectivity index (χ1v) is 14.4. The third-order valence-corrected chi connectivity index (χ3v) is 7.35. The summed E-state index contributed by atoms with van der Waals surface area (Å²) in [6, 6.07) is 12.5. The molecular formula is C29H28Cl4N6O4. The molecule has 0 aliphatic heterocycles. The minimum Gasteiger partial charge on any atom is -0.508 e. The van der Waals surface area contributed by atoms with Crippen molar-refractivity contribution in [3.05, 3.63) is 84.5 Å². The van der Waals surface area contributed by atoms with Crippen LogP contribution in [0.3, 0.4) is 0 Å². The lowest BCUT2D eigenvalue weighted by molar-refractivity contribution is -0.122. The van der Waals surface area contributed by atoms with Crippen molar-refractivity contribution in [2.75, 3.05) is 17.7 Å². The molecule has 0 radical (unpaired) electrons. The van der Waals surface area contributed by atoms with E-state index in [0.717, 1.165) is 4.68 Å². The van der Waals surface area contributed by atoms with E-state index < -0.39 is 17.6 Å². The number of phenols is 1. The third-order valence-electron chi connectivity index (χ3n) is 6.22. The molecule has 43 heavy (non-hydrogen) atoms. The Balaban J connectivity index is 1.58. The van der Waals surface area contributed by atoms with Gasteiger partial charge in [0.1, 0.15) is 17.2 Å². The highest BCUT2D eigenvalue weighted by Crippen LogP contribution is 2.36. The monoisotopic (exact) mass is 664 g/mol. The fraction of sp³-hybridized carbons (Fsp3) is 0.241. The summed E-state index contributed by atoms with van der Waals surface area (Å²) in [6.07, 6.45) is -0.875. The maximum Gasteiger partial charge on any atom is 0.301 e. The van der Waals surface area contributed by atoms with Crippen LogP contribution in [0, 0.1) is 0 Å². The van der Waals surface area contributed by atoms with Crippen LogP contribution in [0.15, 0.2) is 63.6 Å². The number of aromatic nitrogens is 2. The van der Waals surface area contributed by atoms with E-state index in [1.54, 1.807) is 37.3 Å². The molecule has 1 atom stereocenters. The lowest BCUT2D eigenvalue weighted by Crippen LogP contribution is -2.30. The number of rotatable bonds is 8. The van der Waals surface area contributed by atoms with Crippen LogP contribution in [0.5, 0.6) is 11.5 Å². The average Bonchev–Trinajstić information content (AvgIpc) is 3.20. The van der Waals surface area contributed by atoms with Crippen molar-refractivity contribution >= 4 is 75.2 Å². The van der Waals surface area contributed by atoms with Gasteiger partial charge in [-0.2, -0.15) is 5.11 Å². The van der Waals surface area contributed by atoms with Gasteiger partial charge in [-0.05, 0) is 60.9 Å². The molecule has 14 heteroatoms. The van der Waals surface area contributed by atoms with E-state index in [-0.39, 0.29) is 43.4 Å². The molecule has 0 saturated carbocycles. The summed E-state index contributed by atoms with van der Waals surface area (Å²) in [5, 5.41) is 27.5. The largest absolute Gasteiger partial charge is 0.508 e. The second-order valence-corrected chi connectivity index (χ2v) is 12.1. The van der Waals surface area contributed by atoms with Gasteiger partial charge in [0.25, 0.3) is 5.91 Å². The fourth-order valence-electron chi connectivity index (χ4n) is 4.14. The Hall–Kier alpha value is -3.70. The highest BCUT2D eigenvalue weighted by atomic mass is 35.5. The molecule has 0 aliphatic rings. The van der Waals surface area contributed by atoms with Crippen molar-refractivity contribution in [3.8, 4) is 17.2 Å². The van der Waals surface area contributed by atoms with Gasteiger partial charge in [-0.25, -0.2) is 4.68 Å². The molecule has 1 heterocycles. The molecule has 0 aliphatic carbocycles. The van der Waals surface area contributed by atoms with E-state index in [0.29, 0.717) is 27.7 Å². The lowest BCUT2D eigenvalue weighted by Gasteiger charge is -2.22. The van der Waals surface area contributed by atoms with Crippen LogP contribution >= 0.6 is 46.4 Å². The minimum absolute atomic E-state index is 0.0689. The normalized spacial score (nSPS) is 12.4. The number of hydrogen-bond acceptors (Lipinski definition) is 7. The molecule has 10 nitrogen and oxygen atoms in total. The van der Waals surface area contributed by atoms with Gasteiger partial charge in [0, 0.05) is 23.3 Å². The van der Waals surface area contributed by atoms with E-state index in [1.807, 2.05) is 20.8 Å². The Morgan fingerprint density at radius 2 is 1.70 bits per heavy atom. The first kappa shape index (κ1) is 32.2. The smallest absolute Gasteiger partial charge is 0.301 e. The van der Waals surface area contributed by atoms with Gasteiger partial charge in [-0.3, -0.25) is 14.7 Å². The van der Waals surface area contributed by atoms with E-state index in [4.69, 9.17) is 51.1 Å². The molecule has 0 spiro atoms. The topological polar surface area (TPSA) is 133 Å². The predicted molar refractivity (Wildman–Crippen MR) is 172 cm³/mol. The zero-order valence-corrected chi connectivity index (χ0v) is 26.7. The molecule has 1 unspecified atom stereocenters. The summed E-state index contributed by atoms with van der Waals surface area (Å²) in [5.41, 5.74) is 0.630. The minimum atomic E-state index is -0.875. The summed E-state index contributed by atoms with van der Waals surface area (Å²) >= 11 is 25.2. The zero-order valence-electron chi connectivity index (χ0n) is 23.7. The number of aromatic amines is 1. The van der Waals surface area contributed by atoms with Gasteiger partial charge in [0.15, 0.2) is 17.6 Å². The zero-order chi connectivity index (χ0) is 31.6. The molecule has 4 N–H and O–H groups in total. The van der Waals surface area contributed by atoms with E-state index >= 15 is 0 Å². The number of H-pyrrole nitrogens is 1. The van der Waals surface area contributed by atoms with Gasteiger partial charge in [0.2, 0.25) is 0 Å². The molecular weight excluding hydrogens is 638 g/mol. The number of aromatic hydroxyl groups is 1. The number of halogens is 4. The Bertz CT molecular complexity index is 1750. The summed E-state index contributed by atoms with van der Waals surface area (Å²) in [5.74, 6) is 0.307. The average molecular weight is 666 g/mol. The van der Waals surface area contributed by atoms with Crippen LogP contribution in [0.25, 0.3) is 5.69 Å². The Kier molecular flexibility index (Phi) is 9.66. The van der Waals surface area contributed by atoms with Crippen molar-refractivity contribution < 1.29 is 14.6 Å². The first-order chi connectivity index (χ1) is 20.2. The van der Waals surface area contributed by atoms with Gasteiger partial charge in [0.05, 0.1) is 20.8 Å². The van der Waals surface area contributed by atoms with Crippen molar-refractivity contribution in [1.29, 1.82) is 0 Å².